The molecule has 1 aromatic carbocycles. The van der Waals surface area contributed by atoms with Gasteiger partial charge in [-0.15, -0.1) is 23.2 Å². The fraction of sp³-hybridized carbons (Fsp3) is 0.286. The predicted molar refractivity (Wildman–Crippen MR) is 81.3 cm³/mol. The largest absolute Gasteiger partial charge is 0.477 e. The number of rotatable bonds is 7. The van der Waals surface area contributed by atoms with Gasteiger partial charge >= 0.3 is 5.97 Å². The van der Waals surface area contributed by atoms with E-state index in [9.17, 15) is 4.79 Å². The summed E-state index contributed by atoms with van der Waals surface area (Å²) in [5.74, 6) is -0.241. The van der Waals surface area contributed by atoms with Crippen molar-refractivity contribution in [2.24, 2.45) is 0 Å². The number of halogens is 2. The molecule has 6 heteroatoms. The third-order valence-electron chi connectivity index (χ3n) is 2.63. The molecule has 0 aliphatic rings. The number of hydrogen-bond acceptors (Lipinski definition) is 3. The minimum atomic E-state index is -1.23. The molecule has 0 aliphatic carbocycles. The van der Waals surface area contributed by atoms with Crippen molar-refractivity contribution < 1.29 is 9.90 Å². The molecule has 0 amide bonds. The summed E-state index contributed by atoms with van der Waals surface area (Å²) < 4.78 is 0. The summed E-state index contributed by atoms with van der Waals surface area (Å²) in [5.41, 5.74) is 1.32. The number of benzene rings is 1. The minimum absolute atomic E-state index is 0.295. The lowest BCUT2D eigenvalue weighted by molar-refractivity contribution is -0.132. The molecule has 0 saturated carbocycles. The summed E-state index contributed by atoms with van der Waals surface area (Å²) >= 11 is 11.5. The molecule has 0 fully saturated rings. The number of nitriles is 1. The number of hydrogen-bond donors (Lipinski definition) is 1. The zero-order valence-electron chi connectivity index (χ0n) is 10.7. The van der Waals surface area contributed by atoms with Crippen LogP contribution in [0.5, 0.6) is 0 Å². The van der Waals surface area contributed by atoms with Crippen molar-refractivity contribution in [2.45, 2.75) is 0 Å². The summed E-state index contributed by atoms with van der Waals surface area (Å²) in [6.07, 6.45) is 1.33. The Morgan fingerprint density at radius 1 is 1.25 bits per heavy atom. The van der Waals surface area contributed by atoms with E-state index in [1.807, 2.05) is 17.0 Å². The zero-order chi connectivity index (χ0) is 15.0. The van der Waals surface area contributed by atoms with Gasteiger partial charge in [-0.3, -0.25) is 0 Å². The van der Waals surface area contributed by atoms with Gasteiger partial charge in [0.15, 0.2) is 0 Å². The highest BCUT2D eigenvalue weighted by Gasteiger charge is 2.07. The van der Waals surface area contributed by atoms with Gasteiger partial charge in [-0.2, -0.15) is 5.26 Å². The summed E-state index contributed by atoms with van der Waals surface area (Å²) in [6, 6.07) is 8.85. The monoisotopic (exact) mass is 312 g/mol. The fourth-order valence-corrected chi connectivity index (χ4v) is 2.07. The minimum Gasteiger partial charge on any atom is -0.477 e. The third-order valence-corrected chi connectivity index (χ3v) is 2.97. The van der Waals surface area contributed by atoms with Crippen LogP contribution < -0.4 is 4.90 Å². The Morgan fingerprint density at radius 2 is 1.80 bits per heavy atom. The molecule has 0 bridgehead atoms. The van der Waals surface area contributed by atoms with Crippen molar-refractivity contribution in [3.63, 3.8) is 0 Å². The summed E-state index contributed by atoms with van der Waals surface area (Å²) in [6.45, 7) is 1.37. The summed E-state index contributed by atoms with van der Waals surface area (Å²) in [4.78, 5) is 12.8. The van der Waals surface area contributed by atoms with Crippen LogP contribution in [0.15, 0.2) is 29.8 Å². The third kappa shape index (κ3) is 4.76. The molecule has 1 rings (SSSR count). The first kappa shape index (κ1) is 16.4. The molecule has 0 aromatic heterocycles. The van der Waals surface area contributed by atoms with Gasteiger partial charge in [0.25, 0.3) is 0 Å². The van der Waals surface area contributed by atoms with Crippen LogP contribution in [0.4, 0.5) is 5.69 Å². The molecule has 0 unspecified atom stereocenters. The van der Waals surface area contributed by atoms with Crippen molar-refractivity contribution in [3.8, 4) is 6.07 Å². The molecule has 106 valence electrons. The first-order chi connectivity index (χ1) is 9.62. The molecular formula is C14H14Cl2N2O2. The molecule has 0 radical (unpaired) electrons. The lowest BCUT2D eigenvalue weighted by atomic mass is 10.1. The topological polar surface area (TPSA) is 64.3 Å². The molecule has 1 N–H and O–H groups in total. The second-order valence-electron chi connectivity index (χ2n) is 3.93. The summed E-state index contributed by atoms with van der Waals surface area (Å²) in [7, 11) is 0. The van der Waals surface area contributed by atoms with E-state index in [2.05, 4.69) is 0 Å². The molecular weight excluding hydrogens is 299 g/mol. The van der Waals surface area contributed by atoms with E-state index < -0.39 is 5.97 Å². The van der Waals surface area contributed by atoms with Crippen molar-refractivity contribution in [1.29, 1.82) is 5.26 Å². The van der Waals surface area contributed by atoms with E-state index in [1.54, 1.807) is 18.2 Å². The molecule has 1 aromatic rings. The number of carboxylic acids is 1. The number of anilines is 1. The normalized spacial score (nSPS) is 10.9. The van der Waals surface area contributed by atoms with Gasteiger partial charge in [0, 0.05) is 30.5 Å². The van der Waals surface area contributed by atoms with Crippen LogP contribution in [0, 0.1) is 11.3 Å². The van der Waals surface area contributed by atoms with Crippen LogP contribution in [0.25, 0.3) is 6.08 Å². The van der Waals surface area contributed by atoms with Crippen LogP contribution in [-0.2, 0) is 4.79 Å². The Hall–Kier alpha value is -1.70. The first-order valence-corrected chi connectivity index (χ1v) is 7.01. The zero-order valence-corrected chi connectivity index (χ0v) is 12.2. The smallest absolute Gasteiger partial charge is 0.346 e. The Balaban J connectivity index is 2.93. The fourth-order valence-electron chi connectivity index (χ4n) is 1.66. The van der Waals surface area contributed by atoms with Gasteiger partial charge in [-0.25, -0.2) is 4.79 Å². The Kier molecular flexibility index (Phi) is 6.92. The summed E-state index contributed by atoms with van der Waals surface area (Å²) in [5, 5.41) is 17.5. The maximum absolute atomic E-state index is 10.8. The Labute approximate surface area is 127 Å². The van der Waals surface area contributed by atoms with E-state index in [-0.39, 0.29) is 5.57 Å². The van der Waals surface area contributed by atoms with Gasteiger partial charge in [-0.05, 0) is 23.8 Å². The van der Waals surface area contributed by atoms with Crippen LogP contribution in [0.3, 0.4) is 0 Å². The van der Waals surface area contributed by atoms with E-state index in [4.69, 9.17) is 33.6 Å². The van der Waals surface area contributed by atoms with E-state index in [0.717, 1.165) is 5.69 Å². The van der Waals surface area contributed by atoms with Crippen molar-refractivity contribution in [2.75, 3.05) is 29.7 Å². The van der Waals surface area contributed by atoms with Crippen molar-refractivity contribution >= 4 is 40.9 Å². The first-order valence-electron chi connectivity index (χ1n) is 5.94. The van der Waals surface area contributed by atoms with Crippen LogP contribution in [-0.4, -0.2) is 35.9 Å². The Morgan fingerprint density at radius 3 is 2.20 bits per heavy atom. The maximum Gasteiger partial charge on any atom is 0.346 e. The second kappa shape index (κ2) is 8.47. The lowest BCUT2D eigenvalue weighted by Gasteiger charge is -2.22. The lowest BCUT2D eigenvalue weighted by Crippen LogP contribution is -2.27. The Bertz CT molecular complexity index is 515. The number of nitrogens with zero attached hydrogens (tertiary/aromatic N) is 2. The van der Waals surface area contributed by atoms with E-state index in [0.29, 0.717) is 30.4 Å². The quantitative estimate of drug-likeness (QED) is 0.477. The van der Waals surface area contributed by atoms with Gasteiger partial charge in [0.1, 0.15) is 11.6 Å². The van der Waals surface area contributed by atoms with E-state index >= 15 is 0 Å². The standard InChI is InChI=1S/C14H14Cl2N2O2/c15-5-7-18(8-6-16)13-3-1-11(2-4-13)9-12(10-17)14(19)20/h1-4,9H,5-8H2,(H,19,20)/b12-9+. The molecule has 0 atom stereocenters. The number of carbonyl (C=O) groups is 1. The number of carboxylic acid groups (broad SMARTS) is 1. The van der Waals surface area contributed by atoms with Crippen molar-refractivity contribution in [1.82, 2.24) is 0 Å². The van der Waals surface area contributed by atoms with Crippen LogP contribution in [0.1, 0.15) is 5.56 Å². The maximum atomic E-state index is 10.8. The average Bonchev–Trinajstić information content (AvgIpc) is 2.45. The SMILES string of the molecule is N#C/C(=C\c1ccc(N(CCCl)CCCl)cc1)C(=O)O. The number of aliphatic carboxylic acids is 1. The average molecular weight is 313 g/mol. The van der Waals surface area contributed by atoms with Crippen molar-refractivity contribution in [3.05, 3.63) is 35.4 Å². The highest BCUT2D eigenvalue weighted by Crippen LogP contribution is 2.17. The molecule has 0 saturated heterocycles. The number of alkyl halides is 2. The van der Waals surface area contributed by atoms with Gasteiger partial charge in [0.05, 0.1) is 0 Å². The second-order valence-corrected chi connectivity index (χ2v) is 4.69. The van der Waals surface area contributed by atoms with Crippen LogP contribution >= 0.6 is 23.2 Å². The molecule has 0 heterocycles. The van der Waals surface area contributed by atoms with Crippen LogP contribution in [0.2, 0.25) is 0 Å². The molecule has 4 nitrogen and oxygen atoms in total. The highest BCUT2D eigenvalue weighted by molar-refractivity contribution is 6.18. The van der Waals surface area contributed by atoms with Gasteiger partial charge in [-0.1, -0.05) is 12.1 Å². The molecule has 0 aliphatic heterocycles. The van der Waals surface area contributed by atoms with Gasteiger partial charge in [0.2, 0.25) is 0 Å². The molecule has 20 heavy (non-hydrogen) atoms. The predicted octanol–water partition coefficient (Wildman–Crippen LogP) is 2.96. The van der Waals surface area contributed by atoms with Gasteiger partial charge < -0.3 is 10.0 Å². The molecule has 0 spiro atoms. The van der Waals surface area contributed by atoms with E-state index in [1.165, 1.54) is 6.08 Å². The highest BCUT2D eigenvalue weighted by atomic mass is 35.5.